The standard InChI is InChI=1S/C25H22Cl2N4O3S3/c1-17-2-6-20(36-17)15-28-31-24(22-14-18(26)3-9-23(22)27)16-35-25(31)29-19-4-7-21(8-5-19)37(32,33)30-10-12-34-13-11-30/h2-9,14-16H,10-13H2,1H3. The Hall–Kier alpha value is -2.31. The van der Waals surface area contributed by atoms with E-state index >= 15 is 0 Å². The van der Waals surface area contributed by atoms with E-state index in [2.05, 4.69) is 0 Å². The van der Waals surface area contributed by atoms with Gasteiger partial charge in [-0.05, 0) is 61.5 Å². The van der Waals surface area contributed by atoms with Crippen LogP contribution in [0.4, 0.5) is 5.69 Å². The Balaban J connectivity index is 1.54. The smallest absolute Gasteiger partial charge is 0.243 e. The van der Waals surface area contributed by atoms with Gasteiger partial charge in [-0.1, -0.05) is 23.2 Å². The minimum absolute atomic E-state index is 0.227. The minimum Gasteiger partial charge on any atom is -0.379 e. The van der Waals surface area contributed by atoms with Gasteiger partial charge >= 0.3 is 0 Å². The van der Waals surface area contributed by atoms with Crippen LogP contribution >= 0.6 is 45.9 Å². The van der Waals surface area contributed by atoms with E-state index in [1.165, 1.54) is 20.5 Å². The largest absolute Gasteiger partial charge is 0.379 e. The summed E-state index contributed by atoms with van der Waals surface area (Å²) in [6, 6.07) is 15.9. The van der Waals surface area contributed by atoms with Crippen LogP contribution in [-0.2, 0) is 14.8 Å². The Morgan fingerprint density at radius 1 is 1.03 bits per heavy atom. The number of thiophene rings is 1. The highest BCUT2D eigenvalue weighted by molar-refractivity contribution is 7.89. The Kier molecular flexibility index (Phi) is 7.96. The summed E-state index contributed by atoms with van der Waals surface area (Å²) in [6.07, 6.45) is 1.78. The van der Waals surface area contributed by atoms with Crippen molar-refractivity contribution in [3.8, 4) is 11.3 Å². The van der Waals surface area contributed by atoms with Crippen LogP contribution in [0.3, 0.4) is 0 Å². The fourth-order valence-corrected chi connectivity index (χ4v) is 7.13. The van der Waals surface area contributed by atoms with Crippen molar-refractivity contribution in [1.82, 2.24) is 8.98 Å². The van der Waals surface area contributed by atoms with E-state index < -0.39 is 10.0 Å². The van der Waals surface area contributed by atoms with Gasteiger partial charge in [0.15, 0.2) is 0 Å². The molecule has 0 unspecified atom stereocenters. The summed E-state index contributed by atoms with van der Waals surface area (Å²) in [6.45, 7) is 3.53. The number of hydrogen-bond acceptors (Lipinski definition) is 7. The van der Waals surface area contributed by atoms with Gasteiger partial charge in [0, 0.05) is 38.8 Å². The number of sulfonamides is 1. The van der Waals surface area contributed by atoms with E-state index in [0.717, 1.165) is 16.1 Å². The lowest BCUT2D eigenvalue weighted by molar-refractivity contribution is 0.0730. The molecule has 0 atom stereocenters. The van der Waals surface area contributed by atoms with Gasteiger partial charge in [0.25, 0.3) is 0 Å². The Morgan fingerprint density at radius 3 is 2.49 bits per heavy atom. The molecular formula is C25H22Cl2N4O3S3. The van der Waals surface area contributed by atoms with Crippen LogP contribution in [-0.4, -0.2) is 49.9 Å². The zero-order chi connectivity index (χ0) is 26.0. The fraction of sp³-hybridized carbons (Fsp3) is 0.200. The number of nitrogens with zero attached hydrogens (tertiary/aromatic N) is 4. The highest BCUT2D eigenvalue weighted by atomic mass is 35.5. The Bertz CT molecular complexity index is 1620. The number of morpholine rings is 1. The third-order valence-electron chi connectivity index (χ3n) is 5.62. The zero-order valence-electron chi connectivity index (χ0n) is 19.7. The predicted molar refractivity (Wildman–Crippen MR) is 151 cm³/mol. The first-order valence-electron chi connectivity index (χ1n) is 11.3. The molecule has 5 rings (SSSR count). The van der Waals surface area contributed by atoms with E-state index in [1.54, 1.807) is 64.7 Å². The lowest BCUT2D eigenvalue weighted by Crippen LogP contribution is -2.40. The summed E-state index contributed by atoms with van der Waals surface area (Å²) in [5.41, 5.74) is 2.08. The SMILES string of the molecule is Cc1ccc(C=Nn2c(-c3cc(Cl)ccc3Cl)csc2=Nc2ccc(S(=O)(=O)N3CCOCC3)cc2)s1. The van der Waals surface area contributed by atoms with Crippen LogP contribution in [0.5, 0.6) is 0 Å². The van der Waals surface area contributed by atoms with Crippen molar-refractivity contribution >= 4 is 67.8 Å². The van der Waals surface area contributed by atoms with Gasteiger partial charge in [0.1, 0.15) is 0 Å². The summed E-state index contributed by atoms with van der Waals surface area (Å²) in [4.78, 5) is 7.77. The Labute approximate surface area is 232 Å². The molecule has 0 radical (unpaired) electrons. The van der Waals surface area contributed by atoms with E-state index in [1.807, 2.05) is 24.4 Å². The number of halogens is 2. The first-order valence-corrected chi connectivity index (χ1v) is 15.2. The van der Waals surface area contributed by atoms with Crippen molar-refractivity contribution in [3.05, 3.63) is 84.6 Å². The highest BCUT2D eigenvalue weighted by Gasteiger charge is 2.26. The summed E-state index contributed by atoms with van der Waals surface area (Å²) in [5, 5.41) is 7.74. The molecular weight excluding hydrogens is 571 g/mol. The molecule has 0 amide bonds. The van der Waals surface area contributed by atoms with Crippen LogP contribution in [0.1, 0.15) is 9.75 Å². The van der Waals surface area contributed by atoms with Crippen molar-refractivity contribution in [3.63, 3.8) is 0 Å². The van der Waals surface area contributed by atoms with Crippen molar-refractivity contribution in [2.75, 3.05) is 26.3 Å². The molecule has 192 valence electrons. The predicted octanol–water partition coefficient (Wildman–Crippen LogP) is 6.03. The normalized spacial score (nSPS) is 15.6. The molecule has 0 N–H and O–H groups in total. The van der Waals surface area contributed by atoms with Crippen LogP contribution in [0.2, 0.25) is 10.0 Å². The topological polar surface area (TPSA) is 76.3 Å². The van der Waals surface area contributed by atoms with Crippen LogP contribution < -0.4 is 4.80 Å². The fourth-order valence-electron chi connectivity index (χ4n) is 3.74. The average molecular weight is 594 g/mol. The number of aromatic nitrogens is 1. The quantitative estimate of drug-likeness (QED) is 0.256. The maximum Gasteiger partial charge on any atom is 0.243 e. The van der Waals surface area contributed by atoms with Crippen LogP contribution in [0, 0.1) is 6.92 Å². The van der Waals surface area contributed by atoms with Gasteiger partial charge in [-0.15, -0.1) is 22.7 Å². The van der Waals surface area contributed by atoms with Crippen molar-refractivity contribution in [1.29, 1.82) is 0 Å². The molecule has 1 saturated heterocycles. The molecule has 2 aromatic carbocycles. The molecule has 0 aliphatic carbocycles. The van der Waals surface area contributed by atoms with Crippen molar-refractivity contribution < 1.29 is 13.2 Å². The second-order valence-electron chi connectivity index (χ2n) is 8.15. The third-order valence-corrected chi connectivity index (χ3v) is 9.85. The molecule has 0 spiro atoms. The molecule has 4 aromatic rings. The number of aryl methyl sites for hydroxylation is 1. The van der Waals surface area contributed by atoms with Gasteiger partial charge in [-0.25, -0.2) is 18.1 Å². The van der Waals surface area contributed by atoms with Crippen molar-refractivity contribution in [2.24, 2.45) is 10.1 Å². The first-order chi connectivity index (χ1) is 17.8. The van der Waals surface area contributed by atoms with Gasteiger partial charge in [0.05, 0.1) is 40.7 Å². The first kappa shape index (κ1) is 26.3. The van der Waals surface area contributed by atoms with E-state index in [9.17, 15) is 8.42 Å². The van der Waals surface area contributed by atoms with Gasteiger partial charge < -0.3 is 4.74 Å². The third kappa shape index (κ3) is 5.91. The number of hydrogen-bond donors (Lipinski definition) is 0. The van der Waals surface area contributed by atoms with Gasteiger partial charge in [-0.3, -0.25) is 0 Å². The molecule has 12 heteroatoms. The Morgan fingerprint density at radius 2 is 1.78 bits per heavy atom. The molecule has 0 bridgehead atoms. The molecule has 37 heavy (non-hydrogen) atoms. The lowest BCUT2D eigenvalue weighted by Gasteiger charge is -2.26. The molecule has 2 aromatic heterocycles. The second-order valence-corrected chi connectivity index (χ2v) is 13.1. The monoisotopic (exact) mass is 592 g/mol. The van der Waals surface area contributed by atoms with Crippen molar-refractivity contribution in [2.45, 2.75) is 11.8 Å². The van der Waals surface area contributed by atoms with E-state index in [-0.39, 0.29) is 4.90 Å². The number of ether oxygens (including phenoxy) is 1. The number of benzene rings is 2. The van der Waals surface area contributed by atoms with Crippen LogP contribution in [0.25, 0.3) is 11.3 Å². The molecule has 3 heterocycles. The minimum atomic E-state index is -3.58. The molecule has 1 aliphatic heterocycles. The van der Waals surface area contributed by atoms with E-state index in [4.69, 9.17) is 38.0 Å². The molecule has 1 fully saturated rings. The summed E-state index contributed by atoms with van der Waals surface area (Å²) in [5.74, 6) is 0. The molecule has 1 aliphatic rings. The number of rotatable bonds is 6. The maximum absolute atomic E-state index is 12.9. The maximum atomic E-state index is 12.9. The summed E-state index contributed by atoms with van der Waals surface area (Å²) in [7, 11) is -3.58. The lowest BCUT2D eigenvalue weighted by atomic mass is 10.2. The summed E-state index contributed by atoms with van der Waals surface area (Å²) < 4.78 is 34.3. The number of thiazole rings is 1. The highest BCUT2D eigenvalue weighted by Crippen LogP contribution is 2.31. The zero-order valence-corrected chi connectivity index (χ0v) is 23.6. The van der Waals surface area contributed by atoms with Gasteiger partial charge in [0.2, 0.25) is 14.8 Å². The van der Waals surface area contributed by atoms with Gasteiger partial charge in [-0.2, -0.15) is 9.41 Å². The molecule has 0 saturated carbocycles. The summed E-state index contributed by atoms with van der Waals surface area (Å²) >= 11 is 15.8. The molecule has 7 nitrogen and oxygen atoms in total. The van der Waals surface area contributed by atoms with Crippen LogP contribution in [0.15, 0.2) is 75.0 Å². The second kappa shape index (κ2) is 11.2. The average Bonchev–Trinajstić information content (AvgIpc) is 3.50. The van der Waals surface area contributed by atoms with E-state index in [0.29, 0.717) is 46.8 Å².